The number of aryl methyl sites for hydroxylation is 1. The first kappa shape index (κ1) is 20.2. The lowest BCUT2D eigenvalue weighted by molar-refractivity contribution is 0.0597. The Labute approximate surface area is 178 Å². The number of ether oxygens (including phenoxy) is 1. The summed E-state index contributed by atoms with van der Waals surface area (Å²) >= 11 is 0. The Balaban J connectivity index is 1.51. The van der Waals surface area contributed by atoms with Gasteiger partial charge in [-0.05, 0) is 36.2 Å². The van der Waals surface area contributed by atoms with Crippen LogP contribution in [0.3, 0.4) is 0 Å². The van der Waals surface area contributed by atoms with Gasteiger partial charge >= 0.3 is 0 Å². The summed E-state index contributed by atoms with van der Waals surface area (Å²) in [4.78, 5) is 17.4. The van der Waals surface area contributed by atoms with Crippen LogP contribution in [0.1, 0.15) is 33.1 Å². The van der Waals surface area contributed by atoms with Gasteiger partial charge in [0.15, 0.2) is 0 Å². The minimum Gasteiger partial charge on any atom is -0.497 e. The van der Waals surface area contributed by atoms with Crippen LogP contribution >= 0.6 is 0 Å². The maximum absolute atomic E-state index is 13.0. The molecule has 0 aliphatic carbocycles. The molecule has 1 atom stereocenters. The molecule has 154 valence electrons. The fourth-order valence-electron chi connectivity index (χ4n) is 4.12. The van der Waals surface area contributed by atoms with Gasteiger partial charge in [-0.3, -0.25) is 9.69 Å². The Hall–Kier alpha value is -3.11. The number of rotatable bonds is 5. The number of piperazine rings is 1. The van der Waals surface area contributed by atoms with Crippen LogP contribution in [0.2, 0.25) is 0 Å². The lowest BCUT2D eigenvalue weighted by atomic mass is 9.95. The van der Waals surface area contributed by atoms with Crippen molar-refractivity contribution >= 4 is 5.91 Å². The van der Waals surface area contributed by atoms with E-state index in [1.807, 2.05) is 29.2 Å². The molecule has 0 bridgehead atoms. The average molecular weight is 401 g/mol. The third kappa shape index (κ3) is 4.39. The Morgan fingerprint density at radius 1 is 0.833 bits per heavy atom. The summed E-state index contributed by atoms with van der Waals surface area (Å²) in [7, 11) is 1.62. The molecule has 3 aromatic carbocycles. The summed E-state index contributed by atoms with van der Waals surface area (Å²) in [6.07, 6.45) is 0. The molecule has 3 aromatic rings. The fourth-order valence-corrected chi connectivity index (χ4v) is 4.12. The molecule has 4 rings (SSSR count). The van der Waals surface area contributed by atoms with Crippen LogP contribution in [0.4, 0.5) is 0 Å². The van der Waals surface area contributed by atoms with E-state index in [1.165, 1.54) is 16.7 Å². The van der Waals surface area contributed by atoms with E-state index in [0.29, 0.717) is 24.4 Å². The standard InChI is InChI=1S/C26H28N2O2/c1-20-11-13-22(14-12-20)25(21-7-4-3-5-8-21)27-15-17-28(18-16-27)26(29)23-9-6-10-24(19-23)30-2/h3-14,19,25H,15-18H2,1-2H3/t25-/m0/s1. The van der Waals surface area contributed by atoms with Crippen molar-refractivity contribution in [2.75, 3.05) is 33.3 Å². The van der Waals surface area contributed by atoms with Gasteiger partial charge in [-0.15, -0.1) is 0 Å². The van der Waals surface area contributed by atoms with Gasteiger partial charge in [0.05, 0.1) is 13.2 Å². The van der Waals surface area contributed by atoms with Crippen molar-refractivity contribution in [2.45, 2.75) is 13.0 Å². The first-order chi connectivity index (χ1) is 14.7. The lowest BCUT2D eigenvalue weighted by Crippen LogP contribution is -2.49. The van der Waals surface area contributed by atoms with E-state index in [-0.39, 0.29) is 11.9 Å². The van der Waals surface area contributed by atoms with E-state index in [4.69, 9.17) is 4.74 Å². The molecule has 4 heteroatoms. The van der Waals surface area contributed by atoms with Gasteiger partial charge in [0.1, 0.15) is 5.75 Å². The highest BCUT2D eigenvalue weighted by Crippen LogP contribution is 2.30. The molecule has 4 nitrogen and oxygen atoms in total. The normalized spacial score (nSPS) is 15.6. The second kappa shape index (κ2) is 9.14. The number of benzene rings is 3. The quantitative estimate of drug-likeness (QED) is 0.630. The number of carbonyl (C=O) groups is 1. The molecule has 1 aliphatic rings. The summed E-state index contributed by atoms with van der Waals surface area (Å²) in [5.41, 5.74) is 4.52. The van der Waals surface area contributed by atoms with Gasteiger partial charge in [-0.1, -0.05) is 66.2 Å². The molecule has 0 spiro atoms. The molecule has 1 heterocycles. The molecule has 0 saturated carbocycles. The number of hydrogen-bond acceptors (Lipinski definition) is 3. The van der Waals surface area contributed by atoms with Crippen molar-refractivity contribution < 1.29 is 9.53 Å². The van der Waals surface area contributed by atoms with Gasteiger partial charge in [-0.25, -0.2) is 0 Å². The Morgan fingerprint density at radius 2 is 1.50 bits per heavy atom. The molecule has 0 radical (unpaired) electrons. The van der Waals surface area contributed by atoms with Crippen molar-refractivity contribution in [1.82, 2.24) is 9.80 Å². The molecule has 0 N–H and O–H groups in total. The molecule has 0 unspecified atom stereocenters. The number of nitrogens with zero attached hydrogens (tertiary/aromatic N) is 2. The maximum atomic E-state index is 13.0. The smallest absolute Gasteiger partial charge is 0.254 e. The van der Waals surface area contributed by atoms with E-state index < -0.39 is 0 Å². The van der Waals surface area contributed by atoms with Crippen molar-refractivity contribution in [2.24, 2.45) is 0 Å². The molecule has 30 heavy (non-hydrogen) atoms. The van der Waals surface area contributed by atoms with Crippen LogP contribution in [0.25, 0.3) is 0 Å². The van der Waals surface area contributed by atoms with Crippen molar-refractivity contribution in [3.05, 3.63) is 101 Å². The summed E-state index contributed by atoms with van der Waals surface area (Å²) in [6.45, 7) is 5.22. The van der Waals surface area contributed by atoms with Gasteiger partial charge in [0.25, 0.3) is 5.91 Å². The Kier molecular flexibility index (Phi) is 6.15. The van der Waals surface area contributed by atoms with Crippen molar-refractivity contribution in [3.63, 3.8) is 0 Å². The van der Waals surface area contributed by atoms with Crippen molar-refractivity contribution in [3.8, 4) is 5.75 Å². The molecular weight excluding hydrogens is 372 g/mol. The van der Waals surface area contributed by atoms with E-state index in [0.717, 1.165) is 13.1 Å². The number of carbonyl (C=O) groups excluding carboxylic acids is 1. The van der Waals surface area contributed by atoms with Crippen LogP contribution in [0.5, 0.6) is 5.75 Å². The van der Waals surface area contributed by atoms with Gasteiger partial charge in [0.2, 0.25) is 0 Å². The van der Waals surface area contributed by atoms with E-state index in [1.54, 1.807) is 7.11 Å². The zero-order valence-electron chi connectivity index (χ0n) is 17.6. The third-order valence-corrected chi connectivity index (χ3v) is 5.79. The SMILES string of the molecule is COc1cccc(C(=O)N2CCN([C@@H](c3ccccc3)c3ccc(C)cc3)CC2)c1. The predicted molar refractivity (Wildman–Crippen MR) is 120 cm³/mol. The summed E-state index contributed by atoms with van der Waals surface area (Å²) in [5, 5.41) is 0. The highest BCUT2D eigenvalue weighted by molar-refractivity contribution is 5.94. The number of amides is 1. The molecule has 1 aliphatic heterocycles. The van der Waals surface area contributed by atoms with Gasteiger partial charge < -0.3 is 9.64 Å². The maximum Gasteiger partial charge on any atom is 0.254 e. The van der Waals surface area contributed by atoms with E-state index in [2.05, 4.69) is 66.4 Å². The predicted octanol–water partition coefficient (Wildman–Crippen LogP) is 4.55. The summed E-state index contributed by atoms with van der Waals surface area (Å²) in [6, 6.07) is 27.0. The summed E-state index contributed by atoms with van der Waals surface area (Å²) in [5.74, 6) is 0.781. The highest BCUT2D eigenvalue weighted by Gasteiger charge is 2.28. The Bertz CT molecular complexity index is 977. The molecule has 1 saturated heterocycles. The van der Waals surface area contributed by atoms with Gasteiger partial charge in [0, 0.05) is 31.7 Å². The largest absolute Gasteiger partial charge is 0.497 e. The van der Waals surface area contributed by atoms with Gasteiger partial charge in [-0.2, -0.15) is 0 Å². The van der Waals surface area contributed by atoms with E-state index >= 15 is 0 Å². The monoisotopic (exact) mass is 400 g/mol. The zero-order chi connectivity index (χ0) is 20.9. The third-order valence-electron chi connectivity index (χ3n) is 5.79. The fraction of sp³-hybridized carbons (Fsp3) is 0.269. The van der Waals surface area contributed by atoms with E-state index in [9.17, 15) is 4.79 Å². The second-order valence-corrected chi connectivity index (χ2v) is 7.78. The molecule has 1 fully saturated rings. The summed E-state index contributed by atoms with van der Waals surface area (Å²) < 4.78 is 5.27. The second-order valence-electron chi connectivity index (χ2n) is 7.78. The number of methoxy groups -OCH3 is 1. The van der Waals surface area contributed by atoms with Crippen LogP contribution in [0.15, 0.2) is 78.9 Å². The molecular formula is C26H28N2O2. The topological polar surface area (TPSA) is 32.8 Å². The Morgan fingerprint density at radius 3 is 2.17 bits per heavy atom. The number of hydrogen-bond donors (Lipinski definition) is 0. The molecule has 1 amide bonds. The average Bonchev–Trinajstić information content (AvgIpc) is 2.81. The first-order valence-corrected chi connectivity index (χ1v) is 10.4. The van der Waals surface area contributed by atoms with Crippen LogP contribution < -0.4 is 4.74 Å². The minimum absolute atomic E-state index is 0.0696. The minimum atomic E-state index is 0.0696. The van der Waals surface area contributed by atoms with Crippen LogP contribution in [-0.2, 0) is 0 Å². The van der Waals surface area contributed by atoms with Crippen LogP contribution in [0, 0.1) is 6.92 Å². The van der Waals surface area contributed by atoms with Crippen LogP contribution in [-0.4, -0.2) is 49.0 Å². The highest BCUT2D eigenvalue weighted by atomic mass is 16.5. The first-order valence-electron chi connectivity index (χ1n) is 10.4. The zero-order valence-corrected chi connectivity index (χ0v) is 17.6. The molecule has 0 aromatic heterocycles. The van der Waals surface area contributed by atoms with Crippen molar-refractivity contribution in [1.29, 1.82) is 0 Å². The lowest BCUT2D eigenvalue weighted by Gasteiger charge is -2.40.